The second-order valence-corrected chi connectivity index (χ2v) is 8.75. The lowest BCUT2D eigenvalue weighted by Crippen LogP contribution is -2.05. The van der Waals surface area contributed by atoms with Gasteiger partial charge in [-0.1, -0.05) is 121 Å². The van der Waals surface area contributed by atoms with Gasteiger partial charge in [0.1, 0.15) is 26.4 Å². The Morgan fingerprint density at radius 2 is 0.658 bits per heavy atom. The zero-order valence-electron chi connectivity index (χ0n) is 21.1. The summed E-state index contributed by atoms with van der Waals surface area (Å²) in [6, 6.07) is 45.2. The van der Waals surface area contributed by atoms with Gasteiger partial charge in [0.15, 0.2) is 23.0 Å². The first-order chi connectivity index (χ1) is 18.8. The first-order valence-corrected chi connectivity index (χ1v) is 12.6. The molecule has 0 saturated carbocycles. The lowest BCUT2D eigenvalue weighted by atomic mass is 10.2. The van der Waals surface area contributed by atoms with Gasteiger partial charge < -0.3 is 18.9 Å². The van der Waals surface area contributed by atoms with Gasteiger partial charge >= 0.3 is 0 Å². The summed E-state index contributed by atoms with van der Waals surface area (Å²) < 4.78 is 24.9. The second kappa shape index (κ2) is 13.0. The highest BCUT2D eigenvalue weighted by Crippen LogP contribution is 2.40. The van der Waals surface area contributed by atoms with E-state index in [1.54, 1.807) is 0 Å². The molecule has 0 aliphatic carbocycles. The molecular formula is C34H29O4. The molecule has 0 atom stereocenters. The van der Waals surface area contributed by atoms with Gasteiger partial charge in [-0.15, -0.1) is 0 Å². The van der Waals surface area contributed by atoms with Gasteiger partial charge in [-0.3, -0.25) is 0 Å². The molecule has 1 radical (unpaired) electrons. The summed E-state index contributed by atoms with van der Waals surface area (Å²) in [5.74, 6) is 2.03. The molecule has 5 rings (SSSR count). The van der Waals surface area contributed by atoms with Crippen molar-refractivity contribution in [3.05, 3.63) is 156 Å². The van der Waals surface area contributed by atoms with E-state index in [-0.39, 0.29) is 0 Å². The molecule has 38 heavy (non-hydrogen) atoms. The maximum Gasteiger partial charge on any atom is 0.173 e. The fourth-order valence-electron chi connectivity index (χ4n) is 3.84. The maximum atomic E-state index is 6.23. The van der Waals surface area contributed by atoms with E-state index < -0.39 is 0 Å². The zero-order valence-corrected chi connectivity index (χ0v) is 21.1. The molecule has 0 aromatic heterocycles. The summed E-state index contributed by atoms with van der Waals surface area (Å²) >= 11 is 0. The molecule has 5 aromatic carbocycles. The quantitative estimate of drug-likeness (QED) is 0.175. The summed E-state index contributed by atoms with van der Waals surface area (Å²) in [5, 5.41) is 0. The largest absolute Gasteiger partial charge is 0.485 e. The summed E-state index contributed by atoms with van der Waals surface area (Å²) in [5.41, 5.74) is 4.20. The fraction of sp³-hybridized carbons (Fsp3) is 0.118. The highest BCUT2D eigenvalue weighted by Gasteiger charge is 2.17. The minimum atomic E-state index is 0.376. The van der Waals surface area contributed by atoms with Crippen molar-refractivity contribution in [2.24, 2.45) is 0 Å². The average molecular weight is 502 g/mol. The Morgan fingerprint density at radius 3 is 0.974 bits per heavy atom. The molecule has 0 aliphatic rings. The molecule has 4 nitrogen and oxygen atoms in total. The third-order valence-corrected chi connectivity index (χ3v) is 5.86. The Balaban J connectivity index is 1.44. The van der Waals surface area contributed by atoms with Crippen LogP contribution in [0.15, 0.2) is 127 Å². The van der Waals surface area contributed by atoms with Crippen molar-refractivity contribution in [1.82, 2.24) is 0 Å². The first kappa shape index (κ1) is 25.0. The molecule has 0 spiro atoms. The van der Waals surface area contributed by atoms with Gasteiger partial charge in [0, 0.05) is 6.07 Å². The Bertz CT molecular complexity index is 1170. The fourth-order valence-corrected chi connectivity index (χ4v) is 3.84. The van der Waals surface area contributed by atoms with Gasteiger partial charge in [-0.2, -0.15) is 0 Å². The van der Waals surface area contributed by atoms with Crippen molar-refractivity contribution in [3.8, 4) is 23.0 Å². The lowest BCUT2D eigenvalue weighted by Gasteiger charge is -2.18. The van der Waals surface area contributed by atoms with Crippen molar-refractivity contribution in [2.45, 2.75) is 26.4 Å². The number of hydrogen-bond acceptors (Lipinski definition) is 4. The molecule has 189 valence electrons. The molecular weight excluding hydrogens is 472 g/mol. The van der Waals surface area contributed by atoms with Crippen LogP contribution in [0.5, 0.6) is 23.0 Å². The van der Waals surface area contributed by atoms with Gasteiger partial charge in [-0.05, 0) is 22.3 Å². The lowest BCUT2D eigenvalue weighted by molar-refractivity contribution is 0.234. The average Bonchev–Trinajstić information content (AvgIpc) is 2.99. The van der Waals surface area contributed by atoms with Crippen LogP contribution in [0, 0.1) is 6.07 Å². The standard InChI is InChI=1S/C34H29O4/c1-5-13-27(14-6-1)23-35-31-21-33(37-25-29-17-9-3-10-18-29)34(38-26-30-19-11-4-12-20-30)22-32(31)36-24-28-15-7-2-8-16-28/h1-21H,23-26H2. The molecule has 0 heterocycles. The van der Waals surface area contributed by atoms with Crippen molar-refractivity contribution < 1.29 is 18.9 Å². The molecule has 0 amide bonds. The van der Waals surface area contributed by atoms with E-state index in [0.717, 1.165) is 22.3 Å². The Kier molecular flexibility index (Phi) is 8.56. The van der Waals surface area contributed by atoms with Gasteiger partial charge in [-0.25, -0.2) is 0 Å². The topological polar surface area (TPSA) is 36.9 Å². The van der Waals surface area contributed by atoms with Crippen LogP contribution in [0.4, 0.5) is 0 Å². The van der Waals surface area contributed by atoms with Gasteiger partial charge in [0.2, 0.25) is 0 Å². The Labute approximate surface area is 224 Å². The summed E-state index contributed by atoms with van der Waals surface area (Å²) in [4.78, 5) is 0. The number of ether oxygens (including phenoxy) is 4. The van der Waals surface area contributed by atoms with Crippen molar-refractivity contribution in [1.29, 1.82) is 0 Å². The molecule has 0 fully saturated rings. The highest BCUT2D eigenvalue weighted by atomic mass is 16.5. The third-order valence-electron chi connectivity index (χ3n) is 5.86. The normalized spacial score (nSPS) is 10.5. The van der Waals surface area contributed by atoms with E-state index in [9.17, 15) is 0 Å². The van der Waals surface area contributed by atoms with Crippen LogP contribution in [0.3, 0.4) is 0 Å². The number of hydrogen-bond donors (Lipinski definition) is 0. The van der Waals surface area contributed by atoms with E-state index in [1.165, 1.54) is 0 Å². The summed E-state index contributed by atoms with van der Waals surface area (Å²) in [7, 11) is 0. The molecule has 0 saturated heterocycles. The minimum Gasteiger partial charge on any atom is -0.485 e. The summed E-state index contributed by atoms with van der Waals surface area (Å²) in [6.45, 7) is 1.53. The Hall–Kier alpha value is -4.70. The zero-order chi connectivity index (χ0) is 25.8. The Morgan fingerprint density at radius 1 is 0.368 bits per heavy atom. The first-order valence-electron chi connectivity index (χ1n) is 12.6. The van der Waals surface area contributed by atoms with Crippen LogP contribution in [0.1, 0.15) is 22.3 Å². The molecule has 0 aliphatic heterocycles. The van der Waals surface area contributed by atoms with E-state index in [2.05, 4.69) is 6.07 Å². The third kappa shape index (κ3) is 7.17. The SMILES string of the molecule is [c]1c(OCc2ccccc2)c(OCc2ccccc2)cc(OCc2ccccc2)c1OCc1ccccc1. The highest BCUT2D eigenvalue weighted by molar-refractivity contribution is 5.53. The number of benzene rings is 5. The second-order valence-electron chi connectivity index (χ2n) is 8.75. The van der Waals surface area contributed by atoms with Crippen LogP contribution in [-0.2, 0) is 26.4 Å². The number of rotatable bonds is 12. The smallest absolute Gasteiger partial charge is 0.173 e. The monoisotopic (exact) mass is 501 g/mol. The predicted octanol–water partition coefficient (Wildman–Crippen LogP) is 7.80. The predicted molar refractivity (Wildman–Crippen MR) is 148 cm³/mol. The van der Waals surface area contributed by atoms with Crippen LogP contribution in [-0.4, -0.2) is 0 Å². The van der Waals surface area contributed by atoms with E-state index in [4.69, 9.17) is 18.9 Å². The summed E-state index contributed by atoms with van der Waals surface area (Å²) in [6.07, 6.45) is 0. The van der Waals surface area contributed by atoms with Crippen molar-refractivity contribution >= 4 is 0 Å². The van der Waals surface area contributed by atoms with Gasteiger partial charge in [0.25, 0.3) is 0 Å². The van der Waals surface area contributed by atoms with E-state index in [1.807, 2.05) is 127 Å². The van der Waals surface area contributed by atoms with Crippen LogP contribution in [0.2, 0.25) is 0 Å². The van der Waals surface area contributed by atoms with Crippen LogP contribution in [0.25, 0.3) is 0 Å². The van der Waals surface area contributed by atoms with Gasteiger partial charge in [0.05, 0.1) is 6.07 Å². The minimum absolute atomic E-state index is 0.376. The molecule has 0 N–H and O–H groups in total. The maximum absolute atomic E-state index is 6.23. The van der Waals surface area contributed by atoms with E-state index in [0.29, 0.717) is 49.4 Å². The van der Waals surface area contributed by atoms with Crippen molar-refractivity contribution in [3.63, 3.8) is 0 Å². The molecule has 0 bridgehead atoms. The van der Waals surface area contributed by atoms with E-state index >= 15 is 0 Å². The molecule has 4 heteroatoms. The van der Waals surface area contributed by atoms with Crippen LogP contribution >= 0.6 is 0 Å². The molecule has 0 unspecified atom stereocenters. The van der Waals surface area contributed by atoms with Crippen molar-refractivity contribution in [2.75, 3.05) is 0 Å². The molecule has 5 aromatic rings. The van der Waals surface area contributed by atoms with Crippen LogP contribution < -0.4 is 18.9 Å².